The van der Waals surface area contributed by atoms with Gasteiger partial charge in [0, 0.05) is 45.1 Å². The van der Waals surface area contributed by atoms with Crippen molar-refractivity contribution in [1.29, 1.82) is 0 Å². The predicted molar refractivity (Wildman–Crippen MR) is 118 cm³/mol. The molecule has 3 rings (SSSR count). The Labute approximate surface area is 185 Å². The minimum atomic E-state index is -0.470. The van der Waals surface area contributed by atoms with Crippen LogP contribution in [0.1, 0.15) is 51.0 Å². The molecule has 1 aromatic rings. The molecule has 7 heteroatoms. The van der Waals surface area contributed by atoms with Gasteiger partial charge < -0.3 is 19.9 Å². The molecule has 170 valence electrons. The SMILES string of the molecule is CC1CCN(C(=O)C2CCN(C(=O)CCCNC(=O)OCc3ccccc3)CC2)CC1. The molecule has 0 aromatic heterocycles. The predicted octanol–water partition coefficient (Wildman–Crippen LogP) is 3.19. The number of hydrogen-bond acceptors (Lipinski definition) is 4. The van der Waals surface area contributed by atoms with Gasteiger partial charge in [-0.15, -0.1) is 0 Å². The van der Waals surface area contributed by atoms with Gasteiger partial charge >= 0.3 is 6.09 Å². The highest BCUT2D eigenvalue weighted by molar-refractivity contribution is 5.80. The van der Waals surface area contributed by atoms with Gasteiger partial charge in [-0.3, -0.25) is 9.59 Å². The number of piperidine rings is 2. The summed E-state index contributed by atoms with van der Waals surface area (Å²) >= 11 is 0. The second-order valence-corrected chi connectivity index (χ2v) is 8.75. The van der Waals surface area contributed by atoms with Crippen LogP contribution in [0, 0.1) is 11.8 Å². The highest BCUT2D eigenvalue weighted by Crippen LogP contribution is 2.24. The molecule has 1 N–H and O–H groups in total. The molecule has 31 heavy (non-hydrogen) atoms. The summed E-state index contributed by atoms with van der Waals surface area (Å²) in [6.45, 7) is 5.92. The second kappa shape index (κ2) is 11.7. The lowest BCUT2D eigenvalue weighted by Gasteiger charge is -2.36. The Morgan fingerprint density at radius 3 is 2.29 bits per heavy atom. The third-order valence-corrected chi connectivity index (χ3v) is 6.34. The fourth-order valence-electron chi connectivity index (χ4n) is 4.23. The molecule has 2 aliphatic rings. The molecule has 2 fully saturated rings. The van der Waals surface area contributed by atoms with E-state index < -0.39 is 6.09 Å². The molecule has 0 aliphatic carbocycles. The molecular formula is C24H35N3O4. The normalized spacial score (nSPS) is 18.0. The summed E-state index contributed by atoms with van der Waals surface area (Å²) in [7, 11) is 0. The summed E-state index contributed by atoms with van der Waals surface area (Å²) in [6, 6.07) is 9.51. The average molecular weight is 430 g/mol. The maximum atomic E-state index is 12.7. The van der Waals surface area contributed by atoms with Gasteiger partial charge in [0.15, 0.2) is 0 Å². The highest BCUT2D eigenvalue weighted by Gasteiger charge is 2.31. The molecular weight excluding hydrogens is 394 g/mol. The molecule has 0 spiro atoms. The average Bonchev–Trinajstić information content (AvgIpc) is 2.81. The Morgan fingerprint density at radius 1 is 0.968 bits per heavy atom. The van der Waals surface area contributed by atoms with Crippen molar-refractivity contribution in [2.45, 2.75) is 52.1 Å². The van der Waals surface area contributed by atoms with Crippen molar-refractivity contribution in [1.82, 2.24) is 15.1 Å². The van der Waals surface area contributed by atoms with E-state index in [0.717, 1.165) is 44.3 Å². The van der Waals surface area contributed by atoms with Crippen molar-refractivity contribution in [3.63, 3.8) is 0 Å². The summed E-state index contributed by atoms with van der Waals surface area (Å²) in [5.41, 5.74) is 0.935. The van der Waals surface area contributed by atoms with E-state index in [1.165, 1.54) is 0 Å². The van der Waals surface area contributed by atoms with Crippen molar-refractivity contribution in [2.24, 2.45) is 11.8 Å². The molecule has 0 radical (unpaired) electrons. The number of carbonyl (C=O) groups excluding carboxylic acids is 3. The van der Waals surface area contributed by atoms with Crippen molar-refractivity contribution in [3.8, 4) is 0 Å². The first-order chi connectivity index (χ1) is 15.0. The minimum Gasteiger partial charge on any atom is -0.445 e. The number of ether oxygens (including phenoxy) is 1. The number of hydrogen-bond donors (Lipinski definition) is 1. The minimum absolute atomic E-state index is 0.0542. The van der Waals surface area contributed by atoms with Crippen LogP contribution in [0.25, 0.3) is 0 Å². The van der Waals surface area contributed by atoms with Crippen LogP contribution < -0.4 is 5.32 Å². The quantitative estimate of drug-likeness (QED) is 0.675. The molecule has 3 amide bonds. The third-order valence-electron chi connectivity index (χ3n) is 6.34. The van der Waals surface area contributed by atoms with E-state index in [1.807, 2.05) is 40.1 Å². The first-order valence-corrected chi connectivity index (χ1v) is 11.5. The molecule has 2 aliphatic heterocycles. The van der Waals surface area contributed by atoms with Crippen LogP contribution in [0.4, 0.5) is 4.79 Å². The van der Waals surface area contributed by atoms with Crippen molar-refractivity contribution < 1.29 is 19.1 Å². The Hall–Kier alpha value is -2.57. The first-order valence-electron chi connectivity index (χ1n) is 11.5. The molecule has 2 heterocycles. The molecule has 0 unspecified atom stereocenters. The van der Waals surface area contributed by atoms with E-state index in [-0.39, 0.29) is 24.3 Å². The Kier molecular flexibility index (Phi) is 8.74. The number of nitrogens with zero attached hydrogens (tertiary/aromatic N) is 2. The van der Waals surface area contributed by atoms with E-state index in [4.69, 9.17) is 4.74 Å². The van der Waals surface area contributed by atoms with E-state index in [9.17, 15) is 14.4 Å². The topological polar surface area (TPSA) is 79.0 Å². The van der Waals surface area contributed by atoms with Gasteiger partial charge in [-0.25, -0.2) is 4.79 Å². The van der Waals surface area contributed by atoms with Crippen molar-refractivity contribution in [3.05, 3.63) is 35.9 Å². The summed E-state index contributed by atoms with van der Waals surface area (Å²) in [5.74, 6) is 1.14. The monoisotopic (exact) mass is 429 g/mol. The maximum Gasteiger partial charge on any atom is 0.407 e. The molecule has 0 bridgehead atoms. The number of likely N-dealkylation sites (tertiary alicyclic amines) is 2. The summed E-state index contributed by atoms with van der Waals surface area (Å²) in [5, 5.41) is 2.69. The Balaban J connectivity index is 1.27. The van der Waals surface area contributed by atoms with Gasteiger partial charge in [-0.05, 0) is 43.6 Å². The zero-order valence-corrected chi connectivity index (χ0v) is 18.6. The second-order valence-electron chi connectivity index (χ2n) is 8.75. The lowest BCUT2D eigenvalue weighted by atomic mass is 9.92. The van der Waals surface area contributed by atoms with Crippen LogP contribution in [0.3, 0.4) is 0 Å². The van der Waals surface area contributed by atoms with Gasteiger partial charge in [0.05, 0.1) is 0 Å². The van der Waals surface area contributed by atoms with Crippen LogP contribution in [0.2, 0.25) is 0 Å². The van der Waals surface area contributed by atoms with Gasteiger partial charge in [0.1, 0.15) is 6.61 Å². The van der Waals surface area contributed by atoms with Crippen LogP contribution in [-0.4, -0.2) is 60.4 Å². The highest BCUT2D eigenvalue weighted by atomic mass is 16.5. The number of amides is 3. The van der Waals surface area contributed by atoms with Gasteiger partial charge in [-0.1, -0.05) is 37.3 Å². The van der Waals surface area contributed by atoms with E-state index in [0.29, 0.717) is 38.4 Å². The fraction of sp³-hybridized carbons (Fsp3) is 0.625. The summed E-state index contributed by atoms with van der Waals surface area (Å²) < 4.78 is 5.16. The smallest absolute Gasteiger partial charge is 0.407 e. The van der Waals surface area contributed by atoms with E-state index in [2.05, 4.69) is 12.2 Å². The van der Waals surface area contributed by atoms with Crippen molar-refractivity contribution >= 4 is 17.9 Å². The first kappa shape index (κ1) is 23.1. The molecule has 1 aromatic carbocycles. The van der Waals surface area contributed by atoms with E-state index in [1.54, 1.807) is 0 Å². The fourth-order valence-corrected chi connectivity index (χ4v) is 4.23. The third kappa shape index (κ3) is 7.26. The Morgan fingerprint density at radius 2 is 1.61 bits per heavy atom. The standard InChI is InChI=1S/C24H35N3O4/c1-19-9-14-27(15-10-19)23(29)21-11-16-26(17-12-21)22(28)8-5-13-25-24(30)31-18-20-6-3-2-4-7-20/h2-4,6-7,19,21H,5,8-18H2,1H3,(H,25,30). The summed E-state index contributed by atoms with van der Waals surface area (Å²) in [6.07, 6.45) is 4.18. The van der Waals surface area contributed by atoms with Crippen LogP contribution in [0.15, 0.2) is 30.3 Å². The maximum absolute atomic E-state index is 12.7. The zero-order chi connectivity index (χ0) is 22.1. The lowest BCUT2D eigenvalue weighted by molar-refractivity contribution is -0.141. The largest absolute Gasteiger partial charge is 0.445 e. The molecule has 0 atom stereocenters. The number of benzene rings is 1. The number of nitrogens with one attached hydrogen (secondary N) is 1. The van der Waals surface area contributed by atoms with Crippen LogP contribution >= 0.6 is 0 Å². The van der Waals surface area contributed by atoms with Crippen LogP contribution in [-0.2, 0) is 20.9 Å². The zero-order valence-electron chi connectivity index (χ0n) is 18.6. The van der Waals surface area contributed by atoms with Gasteiger partial charge in [-0.2, -0.15) is 0 Å². The summed E-state index contributed by atoms with van der Waals surface area (Å²) in [4.78, 5) is 40.8. The number of rotatable bonds is 7. The van der Waals surface area contributed by atoms with Crippen molar-refractivity contribution in [2.75, 3.05) is 32.7 Å². The number of carbonyl (C=O) groups is 3. The van der Waals surface area contributed by atoms with Crippen LogP contribution in [0.5, 0.6) is 0 Å². The number of alkyl carbamates (subject to hydrolysis) is 1. The molecule has 0 saturated carbocycles. The molecule has 7 nitrogen and oxygen atoms in total. The Bertz CT molecular complexity index is 724. The van der Waals surface area contributed by atoms with Gasteiger partial charge in [0.2, 0.25) is 11.8 Å². The molecule has 2 saturated heterocycles. The lowest BCUT2D eigenvalue weighted by Crippen LogP contribution is -2.46. The van der Waals surface area contributed by atoms with E-state index >= 15 is 0 Å². The van der Waals surface area contributed by atoms with Gasteiger partial charge in [0.25, 0.3) is 0 Å².